The van der Waals surface area contributed by atoms with Gasteiger partial charge in [-0.1, -0.05) is 66.5 Å². The highest BCUT2D eigenvalue weighted by atomic mass is 16.5. The maximum absolute atomic E-state index is 13.9. The summed E-state index contributed by atoms with van der Waals surface area (Å²) in [6.45, 7) is 21.4. The van der Waals surface area contributed by atoms with Crippen molar-refractivity contribution in [2.75, 3.05) is 13.2 Å². The van der Waals surface area contributed by atoms with Crippen LogP contribution in [-0.2, 0) is 42.7 Å². The molecule has 0 spiro atoms. The Kier molecular flexibility index (Phi) is 11.2. The molecule has 2 aromatic carbocycles. The van der Waals surface area contributed by atoms with Gasteiger partial charge in [0.2, 0.25) is 0 Å². The molecule has 2 aromatic rings. The maximum Gasteiger partial charge on any atom is 0.312 e. The van der Waals surface area contributed by atoms with Crippen LogP contribution in [0.5, 0.6) is 0 Å². The third-order valence-corrected chi connectivity index (χ3v) is 15.0. The van der Waals surface area contributed by atoms with E-state index in [9.17, 15) is 19.2 Å². The number of hydrogen-bond acceptors (Lipinski definition) is 6. The van der Waals surface area contributed by atoms with Gasteiger partial charge in [0.25, 0.3) is 0 Å². The summed E-state index contributed by atoms with van der Waals surface area (Å²) < 4.78 is 12.1. The summed E-state index contributed by atoms with van der Waals surface area (Å²) in [5.41, 5.74) is 7.50. The molecule has 0 amide bonds. The first kappa shape index (κ1) is 40.4. The molecule has 0 radical (unpaired) electrons. The van der Waals surface area contributed by atoms with Crippen molar-refractivity contribution < 1.29 is 28.7 Å². The van der Waals surface area contributed by atoms with Gasteiger partial charge in [-0.15, -0.1) is 0 Å². The van der Waals surface area contributed by atoms with E-state index in [1.54, 1.807) is 13.8 Å². The van der Waals surface area contributed by atoms with Crippen LogP contribution >= 0.6 is 0 Å². The molecule has 4 aliphatic carbocycles. The molecule has 2 fully saturated rings. The number of ether oxygens (including phenoxy) is 2. The van der Waals surface area contributed by atoms with Gasteiger partial charge in [-0.05, 0) is 172 Å². The molecule has 6 unspecified atom stereocenters. The topological polar surface area (TPSA) is 86.7 Å². The zero-order valence-corrected chi connectivity index (χ0v) is 35.0. The van der Waals surface area contributed by atoms with Crippen LogP contribution in [0.2, 0.25) is 0 Å². The number of hydrogen-bond donors (Lipinski definition) is 0. The van der Waals surface area contributed by atoms with Gasteiger partial charge in [-0.3, -0.25) is 19.2 Å². The Bertz CT molecular complexity index is 1690. The third-order valence-electron chi connectivity index (χ3n) is 15.0. The van der Waals surface area contributed by atoms with Crippen molar-refractivity contribution in [1.82, 2.24) is 0 Å². The van der Waals surface area contributed by atoms with Gasteiger partial charge in [0, 0.05) is 11.1 Å². The zero-order chi connectivity index (χ0) is 39.4. The molecule has 294 valence electrons. The van der Waals surface area contributed by atoms with Crippen molar-refractivity contribution in [2.24, 2.45) is 22.7 Å². The lowest BCUT2D eigenvalue weighted by molar-refractivity contribution is -0.167. The number of rotatable bonds is 11. The lowest BCUT2D eigenvalue weighted by Crippen LogP contribution is -2.53. The molecule has 0 N–H and O–H groups in total. The number of benzene rings is 2. The number of esters is 2. The van der Waals surface area contributed by atoms with Crippen molar-refractivity contribution >= 4 is 23.5 Å². The first-order valence-electron chi connectivity index (χ1n) is 21.1. The van der Waals surface area contributed by atoms with Gasteiger partial charge in [0.05, 0.1) is 24.0 Å². The van der Waals surface area contributed by atoms with Crippen LogP contribution in [-0.4, -0.2) is 36.7 Å². The monoisotopic (exact) mass is 738 g/mol. The number of ketones is 2. The van der Waals surface area contributed by atoms with Crippen molar-refractivity contribution in [2.45, 2.75) is 169 Å². The highest BCUT2D eigenvalue weighted by Crippen LogP contribution is 2.59. The van der Waals surface area contributed by atoms with E-state index in [2.05, 4.69) is 79.7 Å². The lowest BCUT2D eigenvalue weighted by atomic mass is 9.49. The Hall–Kier alpha value is -3.28. The second kappa shape index (κ2) is 15.0. The molecule has 0 saturated heterocycles. The molecule has 0 heterocycles. The summed E-state index contributed by atoms with van der Waals surface area (Å²) in [7, 11) is 0. The van der Waals surface area contributed by atoms with Crippen molar-refractivity contribution in [3.05, 3.63) is 68.8 Å². The smallest absolute Gasteiger partial charge is 0.312 e. The fourth-order valence-electron chi connectivity index (χ4n) is 12.0. The molecule has 6 rings (SSSR count). The van der Waals surface area contributed by atoms with E-state index in [0.717, 1.165) is 86.5 Å². The number of fused-ring (bicyclic) bond motifs is 6. The summed E-state index contributed by atoms with van der Waals surface area (Å²) in [5.74, 6) is 0.802. The van der Waals surface area contributed by atoms with Crippen LogP contribution in [0.4, 0.5) is 0 Å². The fraction of sp³-hybridized carbons (Fsp3) is 0.667. The van der Waals surface area contributed by atoms with Crippen LogP contribution in [0.1, 0.15) is 199 Å². The predicted octanol–water partition coefficient (Wildman–Crippen LogP) is 10.9. The van der Waals surface area contributed by atoms with Crippen LogP contribution in [0.3, 0.4) is 0 Å². The molecule has 0 bridgehead atoms. The summed E-state index contributed by atoms with van der Waals surface area (Å²) in [5, 5.41) is 0. The zero-order valence-electron chi connectivity index (χ0n) is 35.0. The molecule has 0 aliphatic heterocycles. The second-order valence-corrected chi connectivity index (χ2v) is 19.2. The largest absolute Gasteiger partial charge is 0.465 e. The van der Waals surface area contributed by atoms with Gasteiger partial charge in [-0.25, -0.2) is 0 Å². The molecular weight excluding hydrogens is 673 g/mol. The first-order valence-corrected chi connectivity index (χ1v) is 21.1. The Balaban J connectivity index is 1.06. The number of carbonyl (C=O) groups excluding carboxylic acids is 4. The highest BCUT2D eigenvalue weighted by Gasteiger charge is 2.57. The Morgan fingerprint density at radius 3 is 1.31 bits per heavy atom. The van der Waals surface area contributed by atoms with Crippen molar-refractivity contribution in [3.63, 3.8) is 0 Å². The molecule has 0 aromatic heterocycles. The molecule has 6 atom stereocenters. The standard InChI is InChI=1S/C48H66O6/c1-29(2)35-25-33-15-17-41-45(7,39(33)27-37(35)31(5)49)19-13-21-47(41,9)43(51)53-23-11-12-24-54-44(52)48(10)22-14-20-46(8)40-28-38(32(6)50)36(30(3)4)26-34(40)16-18-42(46)48/h25-30,41-42H,11-24H2,1-10H3. The van der Waals surface area contributed by atoms with Gasteiger partial charge in [-0.2, -0.15) is 0 Å². The van der Waals surface area contributed by atoms with Crippen LogP contribution in [0.15, 0.2) is 24.3 Å². The summed E-state index contributed by atoms with van der Waals surface area (Å²) in [6.07, 6.45) is 10.5. The van der Waals surface area contributed by atoms with E-state index in [0.29, 0.717) is 26.1 Å². The molecule has 2 saturated carbocycles. The summed E-state index contributed by atoms with van der Waals surface area (Å²) in [6, 6.07) is 8.85. The Labute approximate surface area is 324 Å². The normalized spacial score (nSPS) is 30.1. The molecule has 54 heavy (non-hydrogen) atoms. The van der Waals surface area contributed by atoms with Crippen LogP contribution < -0.4 is 0 Å². The lowest BCUT2D eigenvalue weighted by Gasteiger charge is -2.54. The Morgan fingerprint density at radius 1 is 0.611 bits per heavy atom. The minimum atomic E-state index is -0.591. The maximum atomic E-state index is 13.9. The van der Waals surface area contributed by atoms with E-state index < -0.39 is 10.8 Å². The predicted molar refractivity (Wildman–Crippen MR) is 214 cm³/mol. The molecule has 6 nitrogen and oxygen atoms in total. The van der Waals surface area contributed by atoms with Gasteiger partial charge in [0.15, 0.2) is 11.6 Å². The van der Waals surface area contributed by atoms with E-state index >= 15 is 0 Å². The minimum Gasteiger partial charge on any atom is -0.465 e. The van der Waals surface area contributed by atoms with Gasteiger partial charge < -0.3 is 9.47 Å². The Morgan fingerprint density at radius 2 is 0.981 bits per heavy atom. The van der Waals surface area contributed by atoms with E-state index in [-0.39, 0.29) is 58.0 Å². The van der Waals surface area contributed by atoms with E-state index in [1.165, 1.54) is 22.3 Å². The second-order valence-electron chi connectivity index (χ2n) is 19.2. The van der Waals surface area contributed by atoms with E-state index in [1.807, 2.05) is 0 Å². The summed E-state index contributed by atoms with van der Waals surface area (Å²) >= 11 is 0. The number of unbranched alkanes of at least 4 members (excludes halogenated alkanes) is 1. The van der Waals surface area contributed by atoms with Crippen molar-refractivity contribution in [1.29, 1.82) is 0 Å². The number of Topliss-reactive ketones (excluding diaryl/α,β-unsaturated/α-hetero) is 2. The highest BCUT2D eigenvalue weighted by molar-refractivity contribution is 5.97. The van der Waals surface area contributed by atoms with Crippen LogP contribution in [0.25, 0.3) is 0 Å². The van der Waals surface area contributed by atoms with Crippen LogP contribution in [0, 0.1) is 22.7 Å². The average Bonchev–Trinajstić information content (AvgIpc) is 3.11. The third kappa shape index (κ3) is 6.80. The average molecular weight is 739 g/mol. The number of aryl methyl sites for hydroxylation is 2. The first-order chi connectivity index (χ1) is 25.4. The quantitative estimate of drug-likeness (QED) is 0.130. The minimum absolute atomic E-state index is 0.103. The van der Waals surface area contributed by atoms with Gasteiger partial charge in [0.1, 0.15) is 0 Å². The summed E-state index contributed by atoms with van der Waals surface area (Å²) in [4.78, 5) is 53.3. The fourth-order valence-corrected chi connectivity index (χ4v) is 12.0. The van der Waals surface area contributed by atoms with Gasteiger partial charge >= 0.3 is 11.9 Å². The molecular formula is C48H66O6. The molecule has 4 aliphatic rings. The molecule has 6 heteroatoms. The number of carbonyl (C=O) groups is 4. The van der Waals surface area contributed by atoms with Crippen molar-refractivity contribution in [3.8, 4) is 0 Å². The SMILES string of the molecule is CC(=O)c1cc2c(cc1C(C)C)CCC1C(C)(C(=O)OCCCCOC(=O)C3(C)CCCC4(C)c5cc(C(C)=O)c(C(C)C)cc5CCC34)CCCC21C. The van der Waals surface area contributed by atoms with E-state index in [4.69, 9.17) is 9.47 Å².